The topological polar surface area (TPSA) is 37.8 Å². The molecule has 20 heavy (non-hydrogen) atoms. The first kappa shape index (κ1) is 15.6. The van der Waals surface area contributed by atoms with Crippen LogP contribution in [0.4, 0.5) is 0 Å². The number of rotatable bonds is 4. The van der Waals surface area contributed by atoms with Gasteiger partial charge in [-0.05, 0) is 28.5 Å². The molecule has 0 amide bonds. The zero-order valence-corrected chi connectivity index (χ0v) is 14.7. The summed E-state index contributed by atoms with van der Waals surface area (Å²) in [4.78, 5) is 10.4. The van der Waals surface area contributed by atoms with Gasteiger partial charge in [0.05, 0.1) is 5.69 Å². The van der Waals surface area contributed by atoms with Gasteiger partial charge in [0.15, 0.2) is 0 Å². The van der Waals surface area contributed by atoms with E-state index in [0.29, 0.717) is 0 Å². The third-order valence-corrected chi connectivity index (χ3v) is 4.43. The third-order valence-electron chi connectivity index (χ3n) is 2.90. The SMILES string of the molecule is CCNCc1sc(-c2cncc(Br)c2)nc1C(C)(C)C. The molecule has 0 radical (unpaired) electrons. The van der Waals surface area contributed by atoms with Gasteiger partial charge in [0.1, 0.15) is 5.01 Å². The monoisotopic (exact) mass is 353 g/mol. The lowest BCUT2D eigenvalue weighted by atomic mass is 9.91. The minimum absolute atomic E-state index is 0.0545. The molecule has 0 fully saturated rings. The highest BCUT2D eigenvalue weighted by Crippen LogP contribution is 2.34. The van der Waals surface area contributed by atoms with Gasteiger partial charge < -0.3 is 5.32 Å². The first-order valence-electron chi connectivity index (χ1n) is 6.73. The Morgan fingerprint density at radius 1 is 1.30 bits per heavy atom. The van der Waals surface area contributed by atoms with Crippen LogP contribution in [0.2, 0.25) is 0 Å². The van der Waals surface area contributed by atoms with Crippen molar-refractivity contribution in [3.63, 3.8) is 0 Å². The summed E-state index contributed by atoms with van der Waals surface area (Å²) >= 11 is 5.22. The smallest absolute Gasteiger partial charge is 0.125 e. The van der Waals surface area contributed by atoms with E-state index in [4.69, 9.17) is 4.98 Å². The van der Waals surface area contributed by atoms with E-state index in [0.717, 1.165) is 28.1 Å². The maximum Gasteiger partial charge on any atom is 0.125 e. The Morgan fingerprint density at radius 3 is 2.65 bits per heavy atom. The summed E-state index contributed by atoms with van der Waals surface area (Å²) in [6.45, 7) is 10.6. The van der Waals surface area contributed by atoms with Gasteiger partial charge in [0.2, 0.25) is 0 Å². The van der Waals surface area contributed by atoms with Crippen LogP contribution in [0, 0.1) is 0 Å². The van der Waals surface area contributed by atoms with Crippen LogP contribution < -0.4 is 5.32 Å². The minimum atomic E-state index is 0.0545. The fourth-order valence-corrected chi connectivity index (χ4v) is 3.54. The number of hydrogen-bond donors (Lipinski definition) is 1. The van der Waals surface area contributed by atoms with Crippen LogP contribution in [0.15, 0.2) is 22.9 Å². The fourth-order valence-electron chi connectivity index (χ4n) is 1.95. The molecule has 0 saturated carbocycles. The van der Waals surface area contributed by atoms with Crippen LogP contribution in [-0.2, 0) is 12.0 Å². The van der Waals surface area contributed by atoms with Gasteiger partial charge >= 0.3 is 0 Å². The van der Waals surface area contributed by atoms with E-state index < -0.39 is 0 Å². The maximum absolute atomic E-state index is 4.86. The number of halogens is 1. The van der Waals surface area contributed by atoms with E-state index >= 15 is 0 Å². The summed E-state index contributed by atoms with van der Waals surface area (Å²) in [5.74, 6) is 0. The van der Waals surface area contributed by atoms with Crippen molar-refractivity contribution in [1.29, 1.82) is 0 Å². The van der Waals surface area contributed by atoms with Crippen LogP contribution in [0.1, 0.15) is 38.3 Å². The summed E-state index contributed by atoms with van der Waals surface area (Å²) in [6, 6.07) is 2.06. The van der Waals surface area contributed by atoms with Crippen molar-refractivity contribution in [3.8, 4) is 10.6 Å². The van der Waals surface area contributed by atoms with Crippen molar-refractivity contribution in [2.45, 2.75) is 39.7 Å². The van der Waals surface area contributed by atoms with Crippen molar-refractivity contribution in [3.05, 3.63) is 33.5 Å². The van der Waals surface area contributed by atoms with Crippen LogP contribution in [0.5, 0.6) is 0 Å². The standard InChI is InChI=1S/C15H20BrN3S/c1-5-17-9-12-13(15(2,3)4)19-14(20-12)10-6-11(16)8-18-7-10/h6-8,17H,5,9H2,1-4H3. The number of nitrogens with one attached hydrogen (secondary N) is 1. The number of hydrogen-bond acceptors (Lipinski definition) is 4. The summed E-state index contributed by atoms with van der Waals surface area (Å²) in [5.41, 5.74) is 2.30. The van der Waals surface area contributed by atoms with E-state index in [1.54, 1.807) is 17.5 Å². The molecule has 0 atom stereocenters. The second kappa shape index (κ2) is 6.33. The lowest BCUT2D eigenvalue weighted by Crippen LogP contribution is -2.18. The third kappa shape index (κ3) is 3.65. The number of nitrogens with zero attached hydrogens (tertiary/aromatic N) is 2. The Labute approximate surface area is 133 Å². The second-order valence-electron chi connectivity index (χ2n) is 5.71. The lowest BCUT2D eigenvalue weighted by Gasteiger charge is -2.17. The van der Waals surface area contributed by atoms with Crippen LogP contribution >= 0.6 is 27.3 Å². The molecule has 0 aliphatic carbocycles. The molecule has 0 unspecified atom stereocenters. The summed E-state index contributed by atoms with van der Waals surface area (Å²) < 4.78 is 0.982. The molecule has 0 bridgehead atoms. The molecule has 2 heterocycles. The molecule has 0 aromatic carbocycles. The summed E-state index contributed by atoms with van der Waals surface area (Å²) in [5, 5.41) is 4.44. The minimum Gasteiger partial charge on any atom is -0.312 e. The van der Waals surface area contributed by atoms with Gasteiger partial charge in [-0.2, -0.15) is 0 Å². The predicted octanol–water partition coefficient (Wildman–Crippen LogP) is 4.37. The maximum atomic E-state index is 4.86. The van der Waals surface area contributed by atoms with Gasteiger partial charge in [0.25, 0.3) is 0 Å². The van der Waals surface area contributed by atoms with Crippen molar-refractivity contribution < 1.29 is 0 Å². The highest BCUT2D eigenvalue weighted by atomic mass is 79.9. The van der Waals surface area contributed by atoms with Crippen molar-refractivity contribution in [2.75, 3.05) is 6.54 Å². The molecule has 2 aromatic heterocycles. The van der Waals surface area contributed by atoms with E-state index in [-0.39, 0.29) is 5.41 Å². The van der Waals surface area contributed by atoms with E-state index in [1.165, 1.54) is 10.6 Å². The molecule has 1 N–H and O–H groups in total. The lowest BCUT2D eigenvalue weighted by molar-refractivity contribution is 0.561. The van der Waals surface area contributed by atoms with Crippen molar-refractivity contribution >= 4 is 27.3 Å². The van der Waals surface area contributed by atoms with Crippen LogP contribution in [0.25, 0.3) is 10.6 Å². The van der Waals surface area contributed by atoms with E-state index in [2.05, 4.69) is 60.0 Å². The Kier molecular flexibility index (Phi) is 4.94. The summed E-state index contributed by atoms with van der Waals surface area (Å²) in [6.07, 6.45) is 3.66. The van der Waals surface area contributed by atoms with Gasteiger partial charge in [-0.1, -0.05) is 27.7 Å². The van der Waals surface area contributed by atoms with Gasteiger partial charge in [-0.25, -0.2) is 4.98 Å². The Morgan fingerprint density at radius 2 is 2.05 bits per heavy atom. The zero-order valence-electron chi connectivity index (χ0n) is 12.3. The largest absolute Gasteiger partial charge is 0.312 e. The van der Waals surface area contributed by atoms with Crippen LogP contribution in [0.3, 0.4) is 0 Å². The Balaban J connectivity index is 2.43. The molecular weight excluding hydrogens is 334 g/mol. The first-order chi connectivity index (χ1) is 9.41. The molecule has 0 saturated heterocycles. The molecule has 2 aromatic rings. The number of aromatic nitrogens is 2. The van der Waals surface area contributed by atoms with E-state index in [9.17, 15) is 0 Å². The molecule has 3 nitrogen and oxygen atoms in total. The quantitative estimate of drug-likeness (QED) is 0.886. The number of pyridine rings is 1. The molecule has 108 valence electrons. The zero-order chi connectivity index (χ0) is 14.8. The predicted molar refractivity (Wildman–Crippen MR) is 89.1 cm³/mol. The number of thiazole rings is 1. The van der Waals surface area contributed by atoms with Crippen LogP contribution in [-0.4, -0.2) is 16.5 Å². The molecule has 0 aliphatic heterocycles. The molecule has 0 spiro atoms. The molecule has 0 aliphatic rings. The normalized spacial score (nSPS) is 11.8. The highest BCUT2D eigenvalue weighted by Gasteiger charge is 2.23. The average molecular weight is 354 g/mol. The Hall–Kier alpha value is -0.780. The Bertz CT molecular complexity index is 587. The van der Waals surface area contributed by atoms with Crippen molar-refractivity contribution in [2.24, 2.45) is 0 Å². The van der Waals surface area contributed by atoms with Gasteiger partial charge in [-0.15, -0.1) is 11.3 Å². The van der Waals surface area contributed by atoms with Gasteiger partial charge in [0, 0.05) is 39.3 Å². The summed E-state index contributed by atoms with van der Waals surface area (Å²) in [7, 11) is 0. The average Bonchev–Trinajstić information content (AvgIpc) is 2.80. The molecule has 2 rings (SSSR count). The molecule has 5 heteroatoms. The fraction of sp³-hybridized carbons (Fsp3) is 0.467. The highest BCUT2D eigenvalue weighted by molar-refractivity contribution is 9.10. The first-order valence-corrected chi connectivity index (χ1v) is 8.34. The van der Waals surface area contributed by atoms with Crippen molar-refractivity contribution in [1.82, 2.24) is 15.3 Å². The molecular formula is C15H20BrN3S. The van der Waals surface area contributed by atoms with Gasteiger partial charge in [-0.3, -0.25) is 4.98 Å². The van der Waals surface area contributed by atoms with E-state index in [1.807, 2.05) is 6.20 Å². The second-order valence-corrected chi connectivity index (χ2v) is 7.71.